The molecule has 0 saturated carbocycles. The molecule has 1 aromatic rings. The number of ether oxygens (including phenoxy) is 1. The van der Waals surface area contributed by atoms with Gasteiger partial charge in [0.05, 0.1) is 17.8 Å². The van der Waals surface area contributed by atoms with Gasteiger partial charge in [-0.2, -0.15) is 5.26 Å². The number of aromatic nitrogens is 1. The molecule has 0 bridgehead atoms. The van der Waals surface area contributed by atoms with E-state index in [2.05, 4.69) is 29.8 Å². The molecule has 0 N–H and O–H groups in total. The average molecular weight is 217 g/mol. The van der Waals surface area contributed by atoms with Crippen LogP contribution in [0, 0.1) is 11.3 Å². The zero-order chi connectivity index (χ0) is 11.5. The van der Waals surface area contributed by atoms with Gasteiger partial charge in [-0.05, 0) is 26.0 Å². The molecule has 1 aliphatic rings. The summed E-state index contributed by atoms with van der Waals surface area (Å²) in [7, 11) is 0. The summed E-state index contributed by atoms with van der Waals surface area (Å²) >= 11 is 0. The highest BCUT2D eigenvalue weighted by Gasteiger charge is 2.22. The van der Waals surface area contributed by atoms with Crippen LogP contribution in [0.15, 0.2) is 18.3 Å². The Bertz CT molecular complexity index is 386. The lowest BCUT2D eigenvalue weighted by Crippen LogP contribution is -2.45. The number of nitrogens with zero attached hydrogens (tertiary/aromatic N) is 3. The molecule has 4 heteroatoms. The lowest BCUT2D eigenvalue weighted by Gasteiger charge is -2.36. The molecular weight excluding hydrogens is 202 g/mol. The monoisotopic (exact) mass is 217 g/mol. The summed E-state index contributed by atoms with van der Waals surface area (Å²) in [5.74, 6) is 0.918. The van der Waals surface area contributed by atoms with Crippen LogP contribution >= 0.6 is 0 Å². The van der Waals surface area contributed by atoms with Gasteiger partial charge in [0, 0.05) is 19.3 Å². The second-order valence-corrected chi connectivity index (χ2v) is 4.18. The van der Waals surface area contributed by atoms with Crippen molar-refractivity contribution in [1.82, 2.24) is 4.98 Å². The van der Waals surface area contributed by atoms with E-state index in [4.69, 9.17) is 10.00 Å². The molecule has 0 spiro atoms. The summed E-state index contributed by atoms with van der Waals surface area (Å²) in [6, 6.07) is 5.76. The van der Waals surface area contributed by atoms with Crippen molar-refractivity contribution < 1.29 is 4.74 Å². The van der Waals surface area contributed by atoms with E-state index in [0.717, 1.165) is 18.9 Å². The standard InChI is InChI=1S/C12H15N3O/c1-9-7-15(8-10(2)16-9)12-4-3-11(5-13)6-14-12/h3-4,6,9-10H,7-8H2,1-2H3/t9-,10-/m1/s1. The Morgan fingerprint density at radius 2 is 2.06 bits per heavy atom. The van der Waals surface area contributed by atoms with Gasteiger partial charge in [-0.1, -0.05) is 0 Å². The Morgan fingerprint density at radius 3 is 2.56 bits per heavy atom. The molecule has 1 aliphatic heterocycles. The molecular formula is C12H15N3O. The first-order valence-electron chi connectivity index (χ1n) is 5.45. The fourth-order valence-corrected chi connectivity index (χ4v) is 2.00. The Morgan fingerprint density at radius 1 is 1.38 bits per heavy atom. The van der Waals surface area contributed by atoms with E-state index < -0.39 is 0 Å². The summed E-state index contributed by atoms with van der Waals surface area (Å²) in [6.45, 7) is 5.82. The van der Waals surface area contributed by atoms with E-state index in [1.165, 1.54) is 0 Å². The van der Waals surface area contributed by atoms with E-state index in [1.807, 2.05) is 6.07 Å². The first kappa shape index (κ1) is 10.9. The minimum atomic E-state index is 0.223. The summed E-state index contributed by atoms with van der Waals surface area (Å²) in [5.41, 5.74) is 0.595. The highest BCUT2D eigenvalue weighted by Crippen LogP contribution is 2.18. The van der Waals surface area contributed by atoms with Crippen molar-refractivity contribution in [2.24, 2.45) is 0 Å². The second-order valence-electron chi connectivity index (χ2n) is 4.18. The van der Waals surface area contributed by atoms with Gasteiger partial charge in [-0.3, -0.25) is 0 Å². The summed E-state index contributed by atoms with van der Waals surface area (Å²) in [5, 5.41) is 8.70. The first-order chi connectivity index (χ1) is 7.69. The van der Waals surface area contributed by atoms with E-state index in [1.54, 1.807) is 12.3 Å². The maximum absolute atomic E-state index is 8.70. The topological polar surface area (TPSA) is 49.2 Å². The van der Waals surface area contributed by atoms with Crippen molar-refractivity contribution in [2.75, 3.05) is 18.0 Å². The SMILES string of the molecule is C[C@@H]1CN(c2ccc(C#N)cn2)C[C@@H](C)O1. The van der Waals surface area contributed by atoms with Crippen LogP contribution < -0.4 is 4.90 Å². The zero-order valence-electron chi connectivity index (χ0n) is 9.55. The zero-order valence-corrected chi connectivity index (χ0v) is 9.55. The lowest BCUT2D eigenvalue weighted by atomic mass is 10.2. The number of nitriles is 1. The summed E-state index contributed by atoms with van der Waals surface area (Å²) in [4.78, 5) is 6.48. The highest BCUT2D eigenvalue weighted by atomic mass is 16.5. The Kier molecular flexibility index (Phi) is 3.07. The van der Waals surface area contributed by atoms with Crippen LogP contribution in [0.5, 0.6) is 0 Å². The largest absolute Gasteiger partial charge is 0.372 e. The van der Waals surface area contributed by atoms with Gasteiger partial charge in [-0.25, -0.2) is 4.98 Å². The van der Waals surface area contributed by atoms with E-state index >= 15 is 0 Å². The fraction of sp³-hybridized carbons (Fsp3) is 0.500. The number of morpholine rings is 1. The number of hydrogen-bond acceptors (Lipinski definition) is 4. The molecule has 0 radical (unpaired) electrons. The molecule has 4 nitrogen and oxygen atoms in total. The van der Waals surface area contributed by atoms with Crippen LogP contribution in [-0.4, -0.2) is 30.3 Å². The van der Waals surface area contributed by atoms with Crippen LogP contribution in [0.4, 0.5) is 5.82 Å². The molecule has 84 valence electrons. The molecule has 0 unspecified atom stereocenters. The van der Waals surface area contributed by atoms with Gasteiger partial charge in [-0.15, -0.1) is 0 Å². The van der Waals surface area contributed by atoms with Crippen LogP contribution in [0.2, 0.25) is 0 Å². The number of pyridine rings is 1. The minimum absolute atomic E-state index is 0.223. The van der Waals surface area contributed by atoms with Crippen molar-refractivity contribution >= 4 is 5.82 Å². The van der Waals surface area contributed by atoms with Gasteiger partial charge in [0.1, 0.15) is 11.9 Å². The van der Waals surface area contributed by atoms with Crippen molar-refractivity contribution in [2.45, 2.75) is 26.1 Å². The smallest absolute Gasteiger partial charge is 0.128 e. The highest BCUT2D eigenvalue weighted by molar-refractivity contribution is 5.42. The summed E-state index contributed by atoms with van der Waals surface area (Å²) in [6.07, 6.45) is 2.06. The maximum atomic E-state index is 8.70. The number of hydrogen-bond donors (Lipinski definition) is 0. The predicted octanol–water partition coefficient (Wildman–Crippen LogP) is 1.57. The quantitative estimate of drug-likeness (QED) is 0.716. The number of anilines is 1. The van der Waals surface area contributed by atoms with Crippen molar-refractivity contribution in [1.29, 1.82) is 5.26 Å². The third kappa shape index (κ3) is 2.31. The van der Waals surface area contributed by atoms with E-state index in [9.17, 15) is 0 Å². The van der Waals surface area contributed by atoms with Gasteiger partial charge >= 0.3 is 0 Å². The molecule has 0 aromatic carbocycles. The van der Waals surface area contributed by atoms with Crippen molar-refractivity contribution in [3.05, 3.63) is 23.9 Å². The third-order valence-corrected chi connectivity index (χ3v) is 2.62. The molecule has 0 aliphatic carbocycles. The van der Waals surface area contributed by atoms with Crippen molar-refractivity contribution in [3.8, 4) is 6.07 Å². The molecule has 1 saturated heterocycles. The summed E-state index contributed by atoms with van der Waals surface area (Å²) < 4.78 is 5.66. The Balaban J connectivity index is 2.14. The Hall–Kier alpha value is -1.60. The molecule has 2 rings (SSSR count). The maximum Gasteiger partial charge on any atom is 0.128 e. The molecule has 1 aromatic heterocycles. The van der Waals surface area contributed by atoms with Crippen LogP contribution in [0.3, 0.4) is 0 Å². The lowest BCUT2D eigenvalue weighted by molar-refractivity contribution is -0.00545. The van der Waals surface area contributed by atoms with Gasteiger partial charge in [0.25, 0.3) is 0 Å². The third-order valence-electron chi connectivity index (χ3n) is 2.62. The predicted molar refractivity (Wildman–Crippen MR) is 61.2 cm³/mol. The van der Waals surface area contributed by atoms with Gasteiger partial charge in [0.15, 0.2) is 0 Å². The van der Waals surface area contributed by atoms with Gasteiger partial charge < -0.3 is 9.64 Å². The van der Waals surface area contributed by atoms with E-state index in [0.29, 0.717) is 5.56 Å². The fourth-order valence-electron chi connectivity index (χ4n) is 2.00. The van der Waals surface area contributed by atoms with Crippen LogP contribution in [-0.2, 0) is 4.74 Å². The number of rotatable bonds is 1. The van der Waals surface area contributed by atoms with Crippen molar-refractivity contribution in [3.63, 3.8) is 0 Å². The van der Waals surface area contributed by atoms with E-state index in [-0.39, 0.29) is 12.2 Å². The average Bonchev–Trinajstić information content (AvgIpc) is 2.28. The molecule has 1 fully saturated rings. The van der Waals surface area contributed by atoms with Crippen LogP contribution in [0.25, 0.3) is 0 Å². The molecule has 0 amide bonds. The van der Waals surface area contributed by atoms with Crippen LogP contribution in [0.1, 0.15) is 19.4 Å². The van der Waals surface area contributed by atoms with Gasteiger partial charge in [0.2, 0.25) is 0 Å². The molecule has 2 heterocycles. The minimum Gasteiger partial charge on any atom is -0.372 e. The molecule has 16 heavy (non-hydrogen) atoms. The first-order valence-corrected chi connectivity index (χ1v) is 5.45. The molecule has 2 atom stereocenters. The normalized spacial score (nSPS) is 25.2. The second kappa shape index (κ2) is 4.50. The Labute approximate surface area is 95.5 Å².